The van der Waals surface area contributed by atoms with Gasteiger partial charge in [0.15, 0.2) is 0 Å². The molecule has 144 valence electrons. The van der Waals surface area contributed by atoms with Crippen molar-refractivity contribution < 1.29 is 24.1 Å². The van der Waals surface area contributed by atoms with Gasteiger partial charge in [-0.3, -0.25) is 0 Å². The van der Waals surface area contributed by atoms with E-state index in [1.165, 1.54) is 13.2 Å². The van der Waals surface area contributed by atoms with Crippen LogP contribution < -0.4 is 9.47 Å². The minimum Gasteiger partial charge on any atom is -0.507 e. The minimum absolute atomic E-state index is 0.0132. The number of phenolic OH excluding ortho intramolecular Hbond substituents is 1. The van der Waals surface area contributed by atoms with E-state index in [0.717, 1.165) is 21.9 Å². The van der Waals surface area contributed by atoms with E-state index in [9.17, 15) is 9.90 Å². The van der Waals surface area contributed by atoms with Gasteiger partial charge in [0.25, 0.3) is 0 Å². The van der Waals surface area contributed by atoms with E-state index in [0.29, 0.717) is 16.9 Å². The molecule has 0 fully saturated rings. The summed E-state index contributed by atoms with van der Waals surface area (Å²) < 4.78 is 17.5. The molecule has 0 bridgehead atoms. The zero-order chi connectivity index (χ0) is 19.8. The molecule has 4 rings (SSSR count). The predicted molar refractivity (Wildman–Crippen MR) is 106 cm³/mol. The van der Waals surface area contributed by atoms with Crippen LogP contribution in [0.25, 0.3) is 33.1 Å². The zero-order valence-corrected chi connectivity index (χ0v) is 15.8. The summed E-state index contributed by atoms with van der Waals surface area (Å²) in [6.07, 6.45) is -0.812. The first kappa shape index (κ1) is 17.8. The van der Waals surface area contributed by atoms with Gasteiger partial charge in [-0.15, -0.1) is 0 Å². The van der Waals surface area contributed by atoms with Crippen LogP contribution in [0.1, 0.15) is 6.92 Å². The number of carbonyl (C=O) groups is 1. The quantitative estimate of drug-likeness (QED) is 0.506. The van der Waals surface area contributed by atoms with Crippen LogP contribution in [-0.2, 0) is 11.8 Å². The lowest BCUT2D eigenvalue weighted by atomic mass is 10.1. The first-order valence-electron chi connectivity index (χ1n) is 8.86. The summed E-state index contributed by atoms with van der Waals surface area (Å²) in [6.45, 7) is 1.90. The standard InChI is InChI=1S/C21H20N2O5/c1-4-27-21(25)28-20-17(14-10-9-12(26-3)11-16(14)24)19-18(22-20)13-7-5-6-8-15(13)23(19)2/h5-11,22,24H,4H2,1-3H3. The Bertz CT molecular complexity index is 1190. The average molecular weight is 380 g/mol. The summed E-state index contributed by atoms with van der Waals surface area (Å²) in [7, 11) is 3.46. The number of aromatic hydroxyl groups is 1. The number of hydrogen-bond donors (Lipinski definition) is 2. The van der Waals surface area contributed by atoms with Gasteiger partial charge in [0.2, 0.25) is 5.88 Å². The molecule has 0 radical (unpaired) electrons. The molecule has 0 spiro atoms. The summed E-state index contributed by atoms with van der Waals surface area (Å²) in [5, 5.41) is 11.6. The number of carbonyl (C=O) groups excluding carboxylic acids is 1. The number of aromatic amines is 1. The number of rotatable bonds is 4. The van der Waals surface area contributed by atoms with Crippen molar-refractivity contribution in [2.75, 3.05) is 13.7 Å². The Kier molecular flexibility index (Phi) is 4.35. The third-order valence-electron chi connectivity index (χ3n) is 4.73. The Hall–Kier alpha value is -3.61. The van der Waals surface area contributed by atoms with E-state index in [1.807, 2.05) is 35.9 Å². The van der Waals surface area contributed by atoms with Crippen molar-refractivity contribution in [1.82, 2.24) is 9.55 Å². The van der Waals surface area contributed by atoms with E-state index >= 15 is 0 Å². The Labute approximate surface area is 161 Å². The van der Waals surface area contributed by atoms with Gasteiger partial charge in [0.1, 0.15) is 11.5 Å². The van der Waals surface area contributed by atoms with E-state index < -0.39 is 6.16 Å². The van der Waals surface area contributed by atoms with Crippen molar-refractivity contribution in [3.63, 3.8) is 0 Å². The highest BCUT2D eigenvalue weighted by Gasteiger charge is 2.25. The third kappa shape index (κ3) is 2.72. The Balaban J connectivity index is 2.01. The topological polar surface area (TPSA) is 85.7 Å². The number of methoxy groups -OCH3 is 1. The summed E-state index contributed by atoms with van der Waals surface area (Å²) in [5.74, 6) is 0.752. The molecule has 2 aromatic heterocycles. The molecular formula is C21H20N2O5. The number of fused-ring (bicyclic) bond motifs is 3. The fourth-order valence-electron chi connectivity index (χ4n) is 3.50. The van der Waals surface area contributed by atoms with Crippen molar-refractivity contribution in [3.8, 4) is 28.5 Å². The average Bonchev–Trinajstić information content (AvgIpc) is 3.18. The molecular weight excluding hydrogens is 360 g/mol. The molecule has 0 unspecified atom stereocenters. The molecule has 7 heteroatoms. The molecule has 4 aromatic rings. The van der Waals surface area contributed by atoms with Crippen molar-refractivity contribution in [3.05, 3.63) is 42.5 Å². The van der Waals surface area contributed by atoms with Gasteiger partial charge in [-0.1, -0.05) is 18.2 Å². The van der Waals surface area contributed by atoms with Crippen molar-refractivity contribution in [1.29, 1.82) is 0 Å². The number of benzene rings is 2. The third-order valence-corrected chi connectivity index (χ3v) is 4.73. The number of aryl methyl sites for hydroxylation is 1. The minimum atomic E-state index is -0.812. The maximum atomic E-state index is 12.0. The van der Waals surface area contributed by atoms with Crippen LogP contribution in [0.15, 0.2) is 42.5 Å². The molecule has 7 nitrogen and oxygen atoms in total. The summed E-state index contributed by atoms with van der Waals surface area (Å²) in [5.41, 5.74) is 3.71. The molecule has 0 aliphatic carbocycles. The van der Waals surface area contributed by atoms with E-state index in [1.54, 1.807) is 19.1 Å². The van der Waals surface area contributed by atoms with Gasteiger partial charge in [0, 0.05) is 24.1 Å². The van der Waals surface area contributed by atoms with Gasteiger partial charge < -0.3 is 28.9 Å². The second-order valence-electron chi connectivity index (χ2n) is 6.30. The molecule has 0 saturated carbocycles. The van der Waals surface area contributed by atoms with Crippen LogP contribution in [0.5, 0.6) is 17.4 Å². The second-order valence-corrected chi connectivity index (χ2v) is 6.30. The maximum absolute atomic E-state index is 12.0. The van der Waals surface area contributed by atoms with Crippen LogP contribution in [0, 0.1) is 0 Å². The smallest absolute Gasteiger partial charge is 0.507 e. The monoisotopic (exact) mass is 380 g/mol. The predicted octanol–water partition coefficient (Wildman–Crippen LogP) is 4.58. The lowest BCUT2D eigenvalue weighted by Gasteiger charge is -2.10. The molecule has 0 saturated heterocycles. The van der Waals surface area contributed by atoms with E-state index in [2.05, 4.69) is 4.98 Å². The number of nitrogens with zero attached hydrogens (tertiary/aromatic N) is 1. The fourth-order valence-corrected chi connectivity index (χ4v) is 3.50. The van der Waals surface area contributed by atoms with Gasteiger partial charge in [-0.2, -0.15) is 0 Å². The number of nitrogens with one attached hydrogen (secondary N) is 1. The highest BCUT2D eigenvalue weighted by atomic mass is 16.7. The van der Waals surface area contributed by atoms with E-state index in [4.69, 9.17) is 14.2 Å². The number of aromatic nitrogens is 2. The first-order chi connectivity index (χ1) is 13.5. The lowest BCUT2D eigenvalue weighted by Crippen LogP contribution is -2.10. The molecule has 0 amide bonds. The summed E-state index contributed by atoms with van der Waals surface area (Å²) in [6, 6.07) is 12.9. The molecule has 0 atom stereocenters. The van der Waals surface area contributed by atoms with Crippen LogP contribution in [-0.4, -0.2) is 34.5 Å². The van der Waals surface area contributed by atoms with Crippen LogP contribution in [0.3, 0.4) is 0 Å². The second kappa shape index (κ2) is 6.84. The highest BCUT2D eigenvalue weighted by Crippen LogP contribution is 2.45. The van der Waals surface area contributed by atoms with E-state index in [-0.39, 0.29) is 18.2 Å². The summed E-state index contributed by atoms with van der Waals surface area (Å²) >= 11 is 0. The van der Waals surface area contributed by atoms with Gasteiger partial charge in [-0.25, -0.2) is 4.79 Å². The molecule has 2 heterocycles. The lowest BCUT2D eigenvalue weighted by molar-refractivity contribution is 0.103. The molecule has 0 aliphatic rings. The van der Waals surface area contributed by atoms with Crippen molar-refractivity contribution in [2.24, 2.45) is 7.05 Å². The van der Waals surface area contributed by atoms with Crippen LogP contribution >= 0.6 is 0 Å². The molecule has 28 heavy (non-hydrogen) atoms. The number of para-hydroxylation sites is 1. The van der Waals surface area contributed by atoms with Gasteiger partial charge in [0.05, 0.1) is 35.8 Å². The molecule has 2 aromatic carbocycles. The zero-order valence-electron chi connectivity index (χ0n) is 15.8. The normalized spacial score (nSPS) is 11.1. The number of hydrogen-bond acceptors (Lipinski definition) is 5. The largest absolute Gasteiger partial charge is 0.515 e. The molecule has 2 N–H and O–H groups in total. The number of phenols is 1. The van der Waals surface area contributed by atoms with Gasteiger partial charge >= 0.3 is 6.16 Å². The molecule has 0 aliphatic heterocycles. The Morgan fingerprint density at radius 3 is 2.71 bits per heavy atom. The number of H-pyrrole nitrogens is 1. The van der Waals surface area contributed by atoms with Gasteiger partial charge in [-0.05, 0) is 25.1 Å². The SMILES string of the molecule is CCOC(=O)Oc1[nH]c2c3ccccc3n(C)c2c1-c1ccc(OC)cc1O. The fraction of sp³-hybridized carbons (Fsp3) is 0.190. The Morgan fingerprint density at radius 2 is 2.00 bits per heavy atom. The van der Waals surface area contributed by atoms with Crippen molar-refractivity contribution in [2.45, 2.75) is 6.92 Å². The maximum Gasteiger partial charge on any atom is 0.515 e. The first-order valence-corrected chi connectivity index (χ1v) is 8.86. The summed E-state index contributed by atoms with van der Waals surface area (Å²) in [4.78, 5) is 15.2. The Morgan fingerprint density at radius 1 is 1.21 bits per heavy atom. The number of ether oxygens (including phenoxy) is 3. The van der Waals surface area contributed by atoms with Crippen LogP contribution in [0.2, 0.25) is 0 Å². The van der Waals surface area contributed by atoms with Crippen LogP contribution in [0.4, 0.5) is 4.79 Å². The highest BCUT2D eigenvalue weighted by molar-refractivity contribution is 6.13. The van der Waals surface area contributed by atoms with Crippen molar-refractivity contribution >= 4 is 28.1 Å².